The molecule has 2 N–H and O–H groups in total. The van der Waals surface area contributed by atoms with E-state index in [0.717, 1.165) is 36.1 Å². The molecular formula is C24H31IN6O. The lowest BCUT2D eigenvalue weighted by molar-refractivity contribution is 0.572. The number of benzene rings is 1. The number of aliphatic imine (C=N–C) groups is 1. The van der Waals surface area contributed by atoms with Crippen LogP contribution in [0.1, 0.15) is 36.1 Å². The summed E-state index contributed by atoms with van der Waals surface area (Å²) in [5, 5.41) is 6.66. The normalized spacial score (nSPS) is 14.1. The van der Waals surface area contributed by atoms with Crippen LogP contribution in [0.25, 0.3) is 11.5 Å². The number of nitrogens with one attached hydrogen (secondary N) is 2. The summed E-state index contributed by atoms with van der Waals surface area (Å²) >= 11 is 0. The molecule has 0 spiro atoms. The number of nitrogens with zero attached hydrogens (tertiary/aromatic N) is 4. The monoisotopic (exact) mass is 546 g/mol. The molecule has 1 aliphatic heterocycles. The molecule has 0 amide bonds. The van der Waals surface area contributed by atoms with Crippen LogP contribution in [-0.2, 0) is 13.1 Å². The van der Waals surface area contributed by atoms with Crippen LogP contribution in [0.4, 0.5) is 5.82 Å². The molecule has 1 fully saturated rings. The molecule has 8 heteroatoms. The Kier molecular flexibility index (Phi) is 8.90. The fourth-order valence-electron chi connectivity index (χ4n) is 3.66. The van der Waals surface area contributed by atoms with E-state index in [1.165, 1.54) is 30.4 Å². The molecule has 0 bridgehead atoms. The second-order valence-corrected chi connectivity index (χ2v) is 7.86. The maximum absolute atomic E-state index is 5.63. The zero-order valence-electron chi connectivity index (χ0n) is 18.7. The smallest absolute Gasteiger partial charge is 0.226 e. The van der Waals surface area contributed by atoms with E-state index in [2.05, 4.69) is 55.6 Å². The first kappa shape index (κ1) is 24.0. The maximum Gasteiger partial charge on any atom is 0.226 e. The molecule has 3 aromatic rings. The lowest BCUT2D eigenvalue weighted by Gasteiger charge is -2.28. The Balaban J connectivity index is 0.00000289. The molecule has 7 nitrogen and oxygen atoms in total. The van der Waals surface area contributed by atoms with E-state index in [1.54, 1.807) is 13.3 Å². The number of hydrogen-bond donors (Lipinski definition) is 2. The number of anilines is 1. The van der Waals surface area contributed by atoms with Crippen LogP contribution >= 0.6 is 24.0 Å². The van der Waals surface area contributed by atoms with Gasteiger partial charge in [0.15, 0.2) is 5.96 Å². The molecule has 1 aromatic carbocycles. The fourth-order valence-corrected chi connectivity index (χ4v) is 3.66. The Bertz CT molecular complexity index is 1010. The van der Waals surface area contributed by atoms with Crippen LogP contribution < -0.4 is 15.5 Å². The number of aryl methyl sites for hydroxylation is 1. The molecule has 32 heavy (non-hydrogen) atoms. The van der Waals surface area contributed by atoms with E-state index in [9.17, 15) is 0 Å². The maximum atomic E-state index is 5.63. The van der Waals surface area contributed by atoms with Crippen LogP contribution in [0.5, 0.6) is 0 Å². The highest BCUT2D eigenvalue weighted by molar-refractivity contribution is 14.0. The van der Waals surface area contributed by atoms with Crippen LogP contribution in [0.15, 0.2) is 58.3 Å². The third kappa shape index (κ3) is 6.44. The summed E-state index contributed by atoms with van der Waals surface area (Å²) in [6.45, 7) is 5.46. The van der Waals surface area contributed by atoms with Crippen LogP contribution in [0, 0.1) is 6.92 Å². The number of rotatable bonds is 6. The second-order valence-electron chi connectivity index (χ2n) is 7.86. The first-order valence-corrected chi connectivity index (χ1v) is 10.9. The summed E-state index contributed by atoms with van der Waals surface area (Å²) in [5.41, 5.74) is 4.20. The van der Waals surface area contributed by atoms with E-state index in [1.807, 2.05) is 24.4 Å². The van der Waals surface area contributed by atoms with Crippen molar-refractivity contribution in [3.05, 3.63) is 65.7 Å². The van der Waals surface area contributed by atoms with Gasteiger partial charge < -0.3 is 20.0 Å². The van der Waals surface area contributed by atoms with Gasteiger partial charge in [-0.1, -0.05) is 17.7 Å². The molecule has 0 atom stereocenters. The molecular weight excluding hydrogens is 515 g/mol. The zero-order valence-corrected chi connectivity index (χ0v) is 21.0. The topological polar surface area (TPSA) is 78.6 Å². The third-order valence-electron chi connectivity index (χ3n) is 5.46. The molecule has 0 aliphatic carbocycles. The van der Waals surface area contributed by atoms with Crippen molar-refractivity contribution in [2.75, 3.05) is 25.0 Å². The molecule has 1 saturated heterocycles. The number of guanidine groups is 1. The summed E-state index contributed by atoms with van der Waals surface area (Å²) < 4.78 is 5.63. The average molecular weight is 546 g/mol. The minimum absolute atomic E-state index is 0. The number of aromatic nitrogens is 2. The van der Waals surface area contributed by atoms with E-state index >= 15 is 0 Å². The highest BCUT2D eigenvalue weighted by atomic mass is 127. The number of halogens is 1. The van der Waals surface area contributed by atoms with Crippen molar-refractivity contribution in [1.29, 1.82) is 0 Å². The molecule has 0 unspecified atom stereocenters. The van der Waals surface area contributed by atoms with Crippen LogP contribution in [0.2, 0.25) is 0 Å². The molecule has 2 aromatic heterocycles. The third-order valence-corrected chi connectivity index (χ3v) is 5.46. The van der Waals surface area contributed by atoms with Gasteiger partial charge in [0.05, 0.1) is 12.2 Å². The standard InChI is InChI=1S/C24H30N6O.HI/c1-18-6-8-20(9-7-18)23-29-21(17-31-23)16-28-24(25-2)27-15-19-10-11-26-22(14-19)30-12-4-3-5-13-30;/h6-11,14,17H,3-5,12-13,15-16H2,1-2H3,(H2,25,27,28);1H. The van der Waals surface area contributed by atoms with Gasteiger partial charge in [-0.2, -0.15) is 0 Å². The number of hydrogen-bond acceptors (Lipinski definition) is 5. The molecule has 0 radical (unpaired) electrons. The fraction of sp³-hybridized carbons (Fsp3) is 0.375. The minimum atomic E-state index is 0. The Labute approximate surface area is 206 Å². The van der Waals surface area contributed by atoms with Gasteiger partial charge in [-0.25, -0.2) is 9.97 Å². The van der Waals surface area contributed by atoms with Gasteiger partial charge in [0.1, 0.15) is 12.1 Å². The van der Waals surface area contributed by atoms with Crippen molar-refractivity contribution >= 4 is 35.8 Å². The van der Waals surface area contributed by atoms with Crippen molar-refractivity contribution in [1.82, 2.24) is 20.6 Å². The molecule has 170 valence electrons. The first-order chi connectivity index (χ1) is 15.2. The van der Waals surface area contributed by atoms with Crippen molar-refractivity contribution in [2.24, 2.45) is 4.99 Å². The Morgan fingerprint density at radius 2 is 1.81 bits per heavy atom. The molecule has 4 rings (SSSR count). The van der Waals surface area contributed by atoms with Gasteiger partial charge in [0.2, 0.25) is 5.89 Å². The Morgan fingerprint density at radius 1 is 1.06 bits per heavy atom. The molecule has 1 aliphatic rings. The lowest BCUT2D eigenvalue weighted by Crippen LogP contribution is -2.36. The van der Waals surface area contributed by atoms with Gasteiger partial charge in [0.25, 0.3) is 0 Å². The predicted molar refractivity (Wildman–Crippen MR) is 139 cm³/mol. The van der Waals surface area contributed by atoms with E-state index < -0.39 is 0 Å². The van der Waals surface area contributed by atoms with Crippen molar-refractivity contribution in [2.45, 2.75) is 39.3 Å². The SMILES string of the molecule is CN=C(NCc1ccnc(N2CCCCC2)c1)NCc1coc(-c2ccc(C)cc2)n1.I. The number of oxazole rings is 1. The van der Waals surface area contributed by atoms with Crippen LogP contribution in [-0.4, -0.2) is 36.1 Å². The summed E-state index contributed by atoms with van der Waals surface area (Å²) in [6, 6.07) is 12.4. The highest BCUT2D eigenvalue weighted by Gasteiger charge is 2.12. The Morgan fingerprint density at radius 3 is 2.56 bits per heavy atom. The number of pyridine rings is 1. The minimum Gasteiger partial charge on any atom is -0.444 e. The zero-order chi connectivity index (χ0) is 21.5. The summed E-state index contributed by atoms with van der Waals surface area (Å²) in [4.78, 5) is 15.8. The van der Waals surface area contributed by atoms with Gasteiger partial charge in [-0.05, 0) is 56.0 Å². The van der Waals surface area contributed by atoms with Gasteiger partial charge in [0, 0.05) is 38.4 Å². The largest absolute Gasteiger partial charge is 0.444 e. The summed E-state index contributed by atoms with van der Waals surface area (Å²) in [7, 11) is 1.77. The average Bonchev–Trinajstić information content (AvgIpc) is 3.29. The van der Waals surface area contributed by atoms with Gasteiger partial charge in [-0.15, -0.1) is 24.0 Å². The van der Waals surface area contributed by atoms with E-state index in [4.69, 9.17) is 4.42 Å². The second kappa shape index (κ2) is 11.8. The highest BCUT2D eigenvalue weighted by Crippen LogP contribution is 2.19. The van der Waals surface area contributed by atoms with Crippen molar-refractivity contribution in [3.63, 3.8) is 0 Å². The molecule has 0 saturated carbocycles. The van der Waals surface area contributed by atoms with E-state index in [-0.39, 0.29) is 24.0 Å². The van der Waals surface area contributed by atoms with Gasteiger partial charge >= 0.3 is 0 Å². The first-order valence-electron chi connectivity index (χ1n) is 10.9. The predicted octanol–water partition coefficient (Wildman–Crippen LogP) is 4.52. The van der Waals surface area contributed by atoms with Crippen molar-refractivity contribution in [3.8, 4) is 11.5 Å². The van der Waals surface area contributed by atoms with Crippen molar-refractivity contribution < 1.29 is 4.42 Å². The van der Waals surface area contributed by atoms with Crippen LogP contribution in [0.3, 0.4) is 0 Å². The van der Waals surface area contributed by atoms with Gasteiger partial charge in [-0.3, -0.25) is 4.99 Å². The van der Waals surface area contributed by atoms with E-state index in [0.29, 0.717) is 19.0 Å². The molecule has 3 heterocycles. The Hall–Kier alpha value is -2.62. The quantitative estimate of drug-likeness (QED) is 0.269. The summed E-state index contributed by atoms with van der Waals surface area (Å²) in [5.74, 6) is 2.41. The number of piperidine rings is 1. The summed E-state index contributed by atoms with van der Waals surface area (Å²) in [6.07, 6.45) is 7.38. The lowest BCUT2D eigenvalue weighted by atomic mass is 10.1.